The van der Waals surface area contributed by atoms with Crippen molar-refractivity contribution in [3.05, 3.63) is 41.5 Å². The molecule has 0 bridgehead atoms. The van der Waals surface area contributed by atoms with Crippen molar-refractivity contribution < 1.29 is 28.6 Å². The molecule has 0 spiro atoms. The molecule has 6 heteroatoms. The first-order chi connectivity index (χ1) is 12.4. The number of hydrogen-bond donors (Lipinski definition) is 0. The molecule has 0 saturated heterocycles. The van der Waals surface area contributed by atoms with E-state index in [-0.39, 0.29) is 19.0 Å². The van der Waals surface area contributed by atoms with Crippen LogP contribution in [0.1, 0.15) is 32.3 Å². The maximum atomic E-state index is 12.6. The van der Waals surface area contributed by atoms with Gasteiger partial charge in [0.15, 0.2) is 5.78 Å². The van der Waals surface area contributed by atoms with Crippen LogP contribution in [0.2, 0.25) is 0 Å². The summed E-state index contributed by atoms with van der Waals surface area (Å²) < 4.78 is 15.5. The normalized spacial score (nSPS) is 22.4. The van der Waals surface area contributed by atoms with Gasteiger partial charge in [0.25, 0.3) is 0 Å². The van der Waals surface area contributed by atoms with Crippen molar-refractivity contribution in [2.24, 2.45) is 11.8 Å². The largest absolute Gasteiger partial charge is 0.497 e. The fourth-order valence-electron chi connectivity index (χ4n) is 3.33. The Bertz CT molecular complexity index is 704. The van der Waals surface area contributed by atoms with Gasteiger partial charge in [0, 0.05) is 5.92 Å². The molecule has 1 aromatic rings. The lowest BCUT2D eigenvalue weighted by Gasteiger charge is -2.34. The highest BCUT2D eigenvalue weighted by molar-refractivity contribution is 6.08. The molecule has 0 saturated carbocycles. The summed E-state index contributed by atoms with van der Waals surface area (Å²) in [6, 6.07) is 6.98. The maximum Gasteiger partial charge on any atom is 0.317 e. The number of allylic oxidation sites excluding steroid dienone is 1. The van der Waals surface area contributed by atoms with Gasteiger partial charge in [-0.15, -0.1) is 0 Å². The van der Waals surface area contributed by atoms with E-state index in [0.717, 1.165) is 0 Å². The van der Waals surface area contributed by atoms with E-state index in [0.29, 0.717) is 16.9 Å². The van der Waals surface area contributed by atoms with Crippen molar-refractivity contribution in [2.45, 2.75) is 26.7 Å². The zero-order valence-electron chi connectivity index (χ0n) is 15.5. The number of methoxy groups -OCH3 is 1. The van der Waals surface area contributed by atoms with Gasteiger partial charge < -0.3 is 14.2 Å². The van der Waals surface area contributed by atoms with E-state index in [1.54, 1.807) is 52.1 Å². The average molecular weight is 360 g/mol. The predicted molar refractivity (Wildman–Crippen MR) is 94.7 cm³/mol. The third kappa shape index (κ3) is 3.95. The Balaban J connectivity index is 2.55. The molecule has 140 valence electrons. The monoisotopic (exact) mass is 360 g/mol. The van der Waals surface area contributed by atoms with Crippen molar-refractivity contribution in [3.8, 4) is 5.75 Å². The van der Waals surface area contributed by atoms with Crippen LogP contribution < -0.4 is 4.74 Å². The predicted octanol–water partition coefficient (Wildman–Crippen LogP) is 2.67. The fourth-order valence-corrected chi connectivity index (χ4v) is 3.33. The summed E-state index contributed by atoms with van der Waals surface area (Å²) in [6.45, 7) is 5.48. The van der Waals surface area contributed by atoms with Gasteiger partial charge in [-0.25, -0.2) is 0 Å². The number of ether oxygens (including phenoxy) is 3. The molecule has 0 aliphatic heterocycles. The highest BCUT2D eigenvalue weighted by Gasteiger charge is 2.47. The van der Waals surface area contributed by atoms with Gasteiger partial charge in [-0.05, 0) is 44.5 Å². The lowest BCUT2D eigenvalue weighted by Crippen LogP contribution is -2.41. The van der Waals surface area contributed by atoms with E-state index in [4.69, 9.17) is 14.2 Å². The average Bonchev–Trinajstić information content (AvgIpc) is 2.61. The molecule has 3 atom stereocenters. The highest BCUT2D eigenvalue weighted by atomic mass is 16.5. The molecule has 0 fully saturated rings. The van der Waals surface area contributed by atoms with E-state index in [9.17, 15) is 14.4 Å². The van der Waals surface area contributed by atoms with Gasteiger partial charge in [0.2, 0.25) is 0 Å². The van der Waals surface area contributed by atoms with Crippen LogP contribution in [0, 0.1) is 11.8 Å². The second-order valence-electron chi connectivity index (χ2n) is 6.05. The van der Waals surface area contributed by atoms with Crippen LogP contribution >= 0.6 is 0 Å². The van der Waals surface area contributed by atoms with Crippen LogP contribution in [-0.2, 0) is 23.9 Å². The first-order valence-corrected chi connectivity index (χ1v) is 8.63. The van der Waals surface area contributed by atoms with Crippen LogP contribution in [0.4, 0.5) is 0 Å². The number of rotatable bonds is 6. The molecule has 0 aromatic heterocycles. The molecule has 26 heavy (non-hydrogen) atoms. The summed E-state index contributed by atoms with van der Waals surface area (Å²) in [5.74, 6) is -3.29. The van der Waals surface area contributed by atoms with Gasteiger partial charge in [0.05, 0.1) is 26.2 Å². The first kappa shape index (κ1) is 19.7. The summed E-state index contributed by atoms with van der Waals surface area (Å²) in [6.07, 6.45) is 1.35. The van der Waals surface area contributed by atoms with E-state index >= 15 is 0 Å². The molecule has 2 rings (SSSR count). The molecular formula is C20H24O6. The summed E-state index contributed by atoms with van der Waals surface area (Å²) >= 11 is 0. The zero-order chi connectivity index (χ0) is 19.3. The van der Waals surface area contributed by atoms with Crippen LogP contribution in [0.5, 0.6) is 5.75 Å². The first-order valence-electron chi connectivity index (χ1n) is 8.63. The minimum Gasteiger partial charge on any atom is -0.497 e. The van der Waals surface area contributed by atoms with Gasteiger partial charge in [-0.3, -0.25) is 14.4 Å². The van der Waals surface area contributed by atoms with E-state index < -0.39 is 29.7 Å². The Morgan fingerprint density at radius 2 is 1.50 bits per heavy atom. The molecule has 1 aliphatic carbocycles. The van der Waals surface area contributed by atoms with Crippen molar-refractivity contribution in [2.75, 3.05) is 20.3 Å². The Labute approximate surface area is 153 Å². The highest BCUT2D eigenvalue weighted by Crippen LogP contribution is 2.42. The number of ketones is 1. The smallest absolute Gasteiger partial charge is 0.317 e. The summed E-state index contributed by atoms with van der Waals surface area (Å²) in [5.41, 5.74) is 1.26. The van der Waals surface area contributed by atoms with Gasteiger partial charge in [-0.2, -0.15) is 0 Å². The summed E-state index contributed by atoms with van der Waals surface area (Å²) in [4.78, 5) is 37.7. The number of carbonyl (C=O) groups excluding carboxylic acids is 3. The van der Waals surface area contributed by atoms with Crippen LogP contribution in [0.3, 0.4) is 0 Å². The van der Waals surface area contributed by atoms with Gasteiger partial charge in [-0.1, -0.05) is 17.7 Å². The van der Waals surface area contributed by atoms with Crippen LogP contribution in [-0.4, -0.2) is 38.0 Å². The van der Waals surface area contributed by atoms with Crippen LogP contribution in [0.25, 0.3) is 0 Å². The molecule has 0 amide bonds. The number of esters is 2. The molecule has 1 aliphatic rings. The SMILES string of the molecule is CCOC(=O)[C@H]1C(=O)C=C(C)[C@H](C(=O)OCC)[C@H]1c1ccc(OC)cc1. The summed E-state index contributed by atoms with van der Waals surface area (Å²) in [7, 11) is 1.55. The Morgan fingerprint density at radius 3 is 2.00 bits per heavy atom. The minimum atomic E-state index is -1.08. The lowest BCUT2D eigenvalue weighted by molar-refractivity contribution is -0.155. The van der Waals surface area contributed by atoms with E-state index in [1.807, 2.05) is 0 Å². The van der Waals surface area contributed by atoms with E-state index in [1.165, 1.54) is 6.08 Å². The zero-order valence-corrected chi connectivity index (χ0v) is 15.5. The second kappa shape index (κ2) is 8.65. The minimum absolute atomic E-state index is 0.157. The summed E-state index contributed by atoms with van der Waals surface area (Å²) in [5, 5.41) is 0. The van der Waals surface area contributed by atoms with Crippen LogP contribution in [0.15, 0.2) is 35.9 Å². The molecule has 0 radical (unpaired) electrons. The molecular weight excluding hydrogens is 336 g/mol. The Kier molecular flexibility index (Phi) is 6.55. The molecule has 0 heterocycles. The molecule has 0 unspecified atom stereocenters. The fraction of sp³-hybridized carbons (Fsp3) is 0.450. The molecule has 6 nitrogen and oxygen atoms in total. The number of benzene rings is 1. The third-order valence-electron chi connectivity index (χ3n) is 4.47. The number of hydrogen-bond acceptors (Lipinski definition) is 6. The van der Waals surface area contributed by atoms with Crippen molar-refractivity contribution in [3.63, 3.8) is 0 Å². The standard InChI is InChI=1S/C20H24O6/c1-5-25-19(22)16-12(3)11-15(21)18(20(23)26-6-2)17(16)13-7-9-14(24-4)10-8-13/h7-11,16-18H,5-6H2,1-4H3/t16-,17+,18-/m0/s1. The quantitative estimate of drug-likeness (QED) is 0.573. The second-order valence-corrected chi connectivity index (χ2v) is 6.05. The van der Waals surface area contributed by atoms with E-state index in [2.05, 4.69) is 0 Å². The number of carbonyl (C=O) groups is 3. The van der Waals surface area contributed by atoms with Gasteiger partial charge >= 0.3 is 11.9 Å². The lowest BCUT2D eigenvalue weighted by atomic mass is 9.68. The molecule has 1 aromatic carbocycles. The third-order valence-corrected chi connectivity index (χ3v) is 4.47. The van der Waals surface area contributed by atoms with Gasteiger partial charge in [0.1, 0.15) is 11.7 Å². The Hall–Kier alpha value is -2.63. The van der Waals surface area contributed by atoms with Crippen molar-refractivity contribution in [1.82, 2.24) is 0 Å². The van der Waals surface area contributed by atoms with Crippen molar-refractivity contribution >= 4 is 17.7 Å². The molecule has 0 N–H and O–H groups in total. The topological polar surface area (TPSA) is 78.9 Å². The maximum absolute atomic E-state index is 12.6. The Morgan fingerprint density at radius 1 is 0.962 bits per heavy atom. The van der Waals surface area contributed by atoms with Crippen molar-refractivity contribution in [1.29, 1.82) is 0 Å².